The highest BCUT2D eigenvalue weighted by Gasteiger charge is 2.26. The summed E-state index contributed by atoms with van der Waals surface area (Å²) in [4.78, 5) is 17.5. The van der Waals surface area contributed by atoms with Gasteiger partial charge >= 0.3 is 6.03 Å². The summed E-state index contributed by atoms with van der Waals surface area (Å²) in [5.41, 5.74) is 3.61. The molecule has 2 heterocycles. The standard InChI is InChI=1S/C19H27N3O2/c1-13-5-6-17-15(11-21-18(17)10-13)7-8-20-19(24)22-9-3-4-16(12-22)14(2)23/h5-6,10-11,14,16,21,23H,3-4,7-9,12H2,1-2H3,(H,20,24). The molecule has 0 spiro atoms. The lowest BCUT2D eigenvalue weighted by Gasteiger charge is -2.34. The number of amides is 2. The van der Waals surface area contributed by atoms with Gasteiger partial charge in [0.05, 0.1) is 6.10 Å². The van der Waals surface area contributed by atoms with E-state index in [-0.39, 0.29) is 18.1 Å². The van der Waals surface area contributed by atoms with Gasteiger partial charge in [0.25, 0.3) is 0 Å². The molecule has 1 fully saturated rings. The molecular weight excluding hydrogens is 302 g/mol. The summed E-state index contributed by atoms with van der Waals surface area (Å²) < 4.78 is 0. The van der Waals surface area contributed by atoms with Crippen LogP contribution in [-0.2, 0) is 6.42 Å². The average molecular weight is 329 g/mol. The van der Waals surface area contributed by atoms with Crippen LogP contribution in [0.3, 0.4) is 0 Å². The van der Waals surface area contributed by atoms with E-state index in [9.17, 15) is 9.90 Å². The lowest BCUT2D eigenvalue weighted by atomic mass is 9.94. The van der Waals surface area contributed by atoms with Gasteiger partial charge in [0.15, 0.2) is 0 Å². The van der Waals surface area contributed by atoms with E-state index in [1.165, 1.54) is 16.5 Å². The number of hydrogen-bond donors (Lipinski definition) is 3. The van der Waals surface area contributed by atoms with Crippen LogP contribution in [-0.4, -0.2) is 46.8 Å². The number of aromatic amines is 1. The second-order valence-electron chi connectivity index (χ2n) is 6.93. The molecule has 24 heavy (non-hydrogen) atoms. The Balaban J connectivity index is 1.53. The molecule has 0 saturated carbocycles. The summed E-state index contributed by atoms with van der Waals surface area (Å²) in [6.45, 7) is 5.94. The van der Waals surface area contributed by atoms with Crippen molar-refractivity contribution in [2.75, 3.05) is 19.6 Å². The Hall–Kier alpha value is -2.01. The summed E-state index contributed by atoms with van der Waals surface area (Å²) in [7, 11) is 0. The number of hydrogen-bond acceptors (Lipinski definition) is 2. The van der Waals surface area contributed by atoms with Crippen molar-refractivity contribution in [1.29, 1.82) is 0 Å². The highest BCUT2D eigenvalue weighted by Crippen LogP contribution is 2.21. The van der Waals surface area contributed by atoms with Crippen LogP contribution in [0.4, 0.5) is 4.79 Å². The topological polar surface area (TPSA) is 68.4 Å². The third-order valence-corrected chi connectivity index (χ3v) is 5.02. The van der Waals surface area contributed by atoms with Gasteiger partial charge < -0.3 is 20.3 Å². The van der Waals surface area contributed by atoms with Crippen LogP contribution < -0.4 is 5.32 Å². The number of aliphatic hydroxyl groups excluding tert-OH is 1. The maximum Gasteiger partial charge on any atom is 0.317 e. The Bertz CT molecular complexity index is 708. The second kappa shape index (κ2) is 7.26. The zero-order chi connectivity index (χ0) is 17.1. The van der Waals surface area contributed by atoms with Gasteiger partial charge in [-0.05, 0) is 50.3 Å². The average Bonchev–Trinajstić information content (AvgIpc) is 2.97. The molecule has 0 bridgehead atoms. The van der Waals surface area contributed by atoms with Gasteiger partial charge in [-0.2, -0.15) is 0 Å². The minimum atomic E-state index is -0.352. The maximum absolute atomic E-state index is 12.3. The molecule has 2 unspecified atom stereocenters. The number of fused-ring (bicyclic) bond motifs is 1. The fraction of sp³-hybridized carbons (Fsp3) is 0.526. The first kappa shape index (κ1) is 16.8. The lowest BCUT2D eigenvalue weighted by molar-refractivity contribution is 0.0740. The Morgan fingerprint density at radius 2 is 2.33 bits per heavy atom. The number of aromatic nitrogens is 1. The number of carbonyl (C=O) groups excluding carboxylic acids is 1. The van der Waals surface area contributed by atoms with Crippen molar-refractivity contribution in [3.8, 4) is 0 Å². The SMILES string of the molecule is Cc1ccc2c(CCNC(=O)N3CCCC(C(C)O)C3)c[nH]c2c1. The van der Waals surface area contributed by atoms with Gasteiger partial charge in [-0.1, -0.05) is 12.1 Å². The molecule has 5 nitrogen and oxygen atoms in total. The van der Waals surface area contributed by atoms with Crippen molar-refractivity contribution < 1.29 is 9.90 Å². The minimum Gasteiger partial charge on any atom is -0.393 e. The van der Waals surface area contributed by atoms with Crippen molar-refractivity contribution in [2.45, 2.75) is 39.2 Å². The molecule has 2 amide bonds. The molecule has 0 aliphatic carbocycles. The molecule has 1 aromatic heterocycles. The fourth-order valence-electron chi connectivity index (χ4n) is 3.51. The third-order valence-electron chi connectivity index (χ3n) is 5.02. The second-order valence-corrected chi connectivity index (χ2v) is 6.93. The molecule has 1 aromatic carbocycles. The first-order chi connectivity index (χ1) is 11.5. The molecule has 3 rings (SSSR count). The number of H-pyrrole nitrogens is 1. The third kappa shape index (κ3) is 3.73. The fourth-order valence-corrected chi connectivity index (χ4v) is 3.51. The first-order valence-electron chi connectivity index (χ1n) is 8.82. The van der Waals surface area contributed by atoms with Gasteiger partial charge in [0.1, 0.15) is 0 Å². The van der Waals surface area contributed by atoms with Gasteiger partial charge in [-0.15, -0.1) is 0 Å². The van der Waals surface area contributed by atoms with Crippen molar-refractivity contribution in [3.05, 3.63) is 35.5 Å². The zero-order valence-corrected chi connectivity index (χ0v) is 14.5. The molecule has 2 aromatic rings. The van der Waals surface area contributed by atoms with Crippen LogP contribution in [0.15, 0.2) is 24.4 Å². The van der Waals surface area contributed by atoms with Crippen LogP contribution in [0.5, 0.6) is 0 Å². The first-order valence-corrected chi connectivity index (χ1v) is 8.82. The Kier molecular flexibility index (Phi) is 5.09. The molecule has 1 aliphatic rings. The number of likely N-dealkylation sites (tertiary alicyclic amines) is 1. The van der Waals surface area contributed by atoms with Crippen molar-refractivity contribution in [2.24, 2.45) is 5.92 Å². The number of urea groups is 1. The lowest BCUT2D eigenvalue weighted by Crippen LogP contribution is -2.47. The summed E-state index contributed by atoms with van der Waals surface area (Å²) in [5.74, 6) is 0.196. The minimum absolute atomic E-state index is 0.0176. The summed E-state index contributed by atoms with van der Waals surface area (Å²) in [6, 6.07) is 6.37. The summed E-state index contributed by atoms with van der Waals surface area (Å²) in [5, 5.41) is 14.0. The normalized spacial score (nSPS) is 19.5. The molecular formula is C19H27N3O2. The monoisotopic (exact) mass is 329 g/mol. The van der Waals surface area contributed by atoms with Gasteiger partial charge in [0, 0.05) is 42.7 Å². The Morgan fingerprint density at radius 1 is 1.50 bits per heavy atom. The van der Waals surface area contributed by atoms with Crippen molar-refractivity contribution in [1.82, 2.24) is 15.2 Å². The predicted molar refractivity (Wildman–Crippen MR) is 96.1 cm³/mol. The van der Waals surface area contributed by atoms with Crippen LogP contribution in [0.1, 0.15) is 30.9 Å². The largest absolute Gasteiger partial charge is 0.393 e. The number of aryl methyl sites for hydroxylation is 1. The molecule has 1 saturated heterocycles. The molecule has 2 atom stereocenters. The van der Waals surface area contributed by atoms with Crippen LogP contribution in [0, 0.1) is 12.8 Å². The number of benzene rings is 1. The highest BCUT2D eigenvalue weighted by atomic mass is 16.3. The number of nitrogens with one attached hydrogen (secondary N) is 2. The number of rotatable bonds is 4. The van der Waals surface area contributed by atoms with E-state index in [1.54, 1.807) is 0 Å². The van der Waals surface area contributed by atoms with E-state index < -0.39 is 0 Å². The summed E-state index contributed by atoms with van der Waals surface area (Å²) >= 11 is 0. The number of nitrogens with zero attached hydrogens (tertiary/aromatic N) is 1. The zero-order valence-electron chi connectivity index (χ0n) is 14.5. The smallest absolute Gasteiger partial charge is 0.317 e. The maximum atomic E-state index is 12.3. The van der Waals surface area contributed by atoms with Crippen LogP contribution in [0.2, 0.25) is 0 Å². The van der Waals surface area contributed by atoms with E-state index >= 15 is 0 Å². The van der Waals surface area contributed by atoms with E-state index in [4.69, 9.17) is 0 Å². The molecule has 0 radical (unpaired) electrons. The van der Waals surface area contributed by atoms with Gasteiger partial charge in [-0.25, -0.2) is 4.79 Å². The van der Waals surface area contributed by atoms with E-state index in [0.29, 0.717) is 13.1 Å². The number of piperidine rings is 1. The molecule has 3 N–H and O–H groups in total. The van der Waals surface area contributed by atoms with Crippen LogP contribution in [0.25, 0.3) is 10.9 Å². The van der Waals surface area contributed by atoms with E-state index in [2.05, 4.69) is 35.4 Å². The molecule has 1 aliphatic heterocycles. The Morgan fingerprint density at radius 3 is 3.12 bits per heavy atom. The highest BCUT2D eigenvalue weighted by molar-refractivity contribution is 5.83. The van der Waals surface area contributed by atoms with E-state index in [1.807, 2.05) is 18.0 Å². The van der Waals surface area contributed by atoms with E-state index in [0.717, 1.165) is 31.3 Å². The van der Waals surface area contributed by atoms with Crippen molar-refractivity contribution >= 4 is 16.9 Å². The van der Waals surface area contributed by atoms with Crippen LogP contribution >= 0.6 is 0 Å². The van der Waals surface area contributed by atoms with Crippen molar-refractivity contribution in [3.63, 3.8) is 0 Å². The quantitative estimate of drug-likeness (QED) is 0.807. The number of carbonyl (C=O) groups is 1. The number of aliphatic hydroxyl groups is 1. The van der Waals surface area contributed by atoms with Gasteiger partial charge in [-0.3, -0.25) is 0 Å². The molecule has 130 valence electrons. The Labute approximate surface area is 143 Å². The molecule has 5 heteroatoms. The summed E-state index contributed by atoms with van der Waals surface area (Å²) in [6.07, 6.45) is 4.44. The van der Waals surface area contributed by atoms with Gasteiger partial charge in [0.2, 0.25) is 0 Å². The predicted octanol–water partition coefficient (Wildman–Crippen LogP) is 2.82.